The van der Waals surface area contributed by atoms with Crippen molar-refractivity contribution in [2.24, 2.45) is 0 Å². The van der Waals surface area contributed by atoms with Crippen molar-refractivity contribution in [2.45, 2.75) is 73.6 Å². The van der Waals surface area contributed by atoms with Crippen LogP contribution in [0.5, 0.6) is 0 Å². The highest BCUT2D eigenvalue weighted by molar-refractivity contribution is 8.07. The van der Waals surface area contributed by atoms with E-state index in [9.17, 15) is 0 Å². The molecular weight excluding hydrogens is 345 g/mol. The minimum Gasteiger partial charge on any atom is -0.389 e. The van der Waals surface area contributed by atoms with Crippen LogP contribution >= 0.6 is 6.72 Å². The quantitative estimate of drug-likeness (QED) is 0.172. The molecule has 1 N–H and O–H groups in total. The zero-order valence-electron chi connectivity index (χ0n) is 16.9. The van der Waals surface area contributed by atoms with Crippen LogP contribution in [0.15, 0.2) is 12.3 Å². The largest absolute Gasteiger partial charge is 0.389 e. The predicted molar refractivity (Wildman–Crippen MR) is 109 cm³/mol. The highest BCUT2D eigenvalue weighted by Gasteiger charge is 2.20. The number of hydrogen-bond donors (Lipinski definition) is 1. The van der Waals surface area contributed by atoms with Gasteiger partial charge in [0.2, 0.25) is 0 Å². The standard InChI is InChI=1S/C13H28NO4PS.2C2H6/c1-5-13(3)14-11-9-7-8-10-12-17-19(20,16-6-2)18-15-4;2*1-2/h14H,3,5-12H2,1-2,4H3;2*1-2H3. The van der Waals surface area contributed by atoms with Crippen molar-refractivity contribution in [3.05, 3.63) is 12.3 Å². The molecule has 0 aliphatic carbocycles. The van der Waals surface area contributed by atoms with Crippen LogP contribution in [0, 0.1) is 0 Å². The zero-order valence-corrected chi connectivity index (χ0v) is 18.6. The summed E-state index contributed by atoms with van der Waals surface area (Å²) in [6.45, 7) is 15.1. The van der Waals surface area contributed by atoms with Crippen molar-refractivity contribution in [3.8, 4) is 0 Å². The van der Waals surface area contributed by atoms with Gasteiger partial charge < -0.3 is 14.4 Å². The van der Waals surface area contributed by atoms with Crippen molar-refractivity contribution in [1.82, 2.24) is 5.32 Å². The molecule has 0 saturated carbocycles. The molecule has 148 valence electrons. The third-order valence-corrected chi connectivity index (χ3v) is 4.80. The monoisotopic (exact) mass is 385 g/mol. The fraction of sp³-hybridized carbons (Fsp3) is 0.882. The van der Waals surface area contributed by atoms with Crippen LogP contribution in [0.1, 0.15) is 73.6 Å². The topological polar surface area (TPSA) is 49.0 Å². The summed E-state index contributed by atoms with van der Waals surface area (Å²) in [5.74, 6) is 0. The van der Waals surface area contributed by atoms with E-state index in [0.29, 0.717) is 13.2 Å². The van der Waals surface area contributed by atoms with Crippen molar-refractivity contribution in [1.29, 1.82) is 0 Å². The van der Waals surface area contributed by atoms with Gasteiger partial charge in [-0.15, -0.1) is 4.67 Å². The summed E-state index contributed by atoms with van der Waals surface area (Å²) < 4.78 is 15.7. The Morgan fingerprint density at radius 1 is 1.00 bits per heavy atom. The second-order valence-electron chi connectivity index (χ2n) is 4.24. The number of nitrogens with one attached hydrogen (secondary N) is 1. The molecule has 0 radical (unpaired) electrons. The molecule has 7 heteroatoms. The van der Waals surface area contributed by atoms with Crippen molar-refractivity contribution in [3.63, 3.8) is 0 Å². The minimum absolute atomic E-state index is 0.452. The van der Waals surface area contributed by atoms with Crippen LogP contribution in [0.4, 0.5) is 0 Å². The van der Waals surface area contributed by atoms with E-state index in [4.69, 9.17) is 25.5 Å². The Morgan fingerprint density at radius 2 is 1.58 bits per heavy atom. The average Bonchev–Trinajstić information content (AvgIpc) is 2.61. The highest BCUT2D eigenvalue weighted by atomic mass is 32.5. The summed E-state index contributed by atoms with van der Waals surface area (Å²) in [6.07, 6.45) is 5.29. The van der Waals surface area contributed by atoms with Crippen LogP contribution in [0.25, 0.3) is 0 Å². The molecule has 0 amide bonds. The molecule has 0 saturated heterocycles. The summed E-state index contributed by atoms with van der Waals surface area (Å²) >= 11 is 5.16. The fourth-order valence-electron chi connectivity index (χ4n) is 1.48. The molecule has 0 fully saturated rings. The smallest absolute Gasteiger partial charge is 0.355 e. The maximum Gasteiger partial charge on any atom is 0.355 e. The van der Waals surface area contributed by atoms with Crippen LogP contribution in [0.2, 0.25) is 0 Å². The van der Waals surface area contributed by atoms with E-state index < -0.39 is 6.72 Å². The van der Waals surface area contributed by atoms with Gasteiger partial charge in [0.1, 0.15) is 0 Å². The van der Waals surface area contributed by atoms with Gasteiger partial charge in [0.25, 0.3) is 0 Å². The van der Waals surface area contributed by atoms with Gasteiger partial charge in [0.15, 0.2) is 0 Å². The molecule has 1 atom stereocenters. The first-order valence-corrected chi connectivity index (χ1v) is 11.7. The molecule has 1 unspecified atom stereocenters. The molecule has 0 spiro atoms. The first-order chi connectivity index (χ1) is 11.6. The second kappa shape index (κ2) is 23.0. The molecule has 0 bridgehead atoms. The van der Waals surface area contributed by atoms with Gasteiger partial charge in [-0.25, -0.2) is 4.89 Å². The highest BCUT2D eigenvalue weighted by Crippen LogP contribution is 2.49. The number of hydrogen-bond acceptors (Lipinski definition) is 6. The van der Waals surface area contributed by atoms with Crippen LogP contribution in [0.3, 0.4) is 0 Å². The fourth-order valence-corrected chi connectivity index (χ4v) is 3.21. The van der Waals surface area contributed by atoms with E-state index in [-0.39, 0.29) is 0 Å². The Bertz CT molecular complexity index is 294. The van der Waals surface area contributed by atoms with E-state index in [1.165, 1.54) is 7.11 Å². The lowest BCUT2D eigenvalue weighted by molar-refractivity contribution is -0.191. The maximum absolute atomic E-state index is 5.50. The lowest BCUT2D eigenvalue weighted by Gasteiger charge is -2.18. The van der Waals surface area contributed by atoms with E-state index in [1.807, 2.05) is 34.6 Å². The van der Waals surface area contributed by atoms with Gasteiger partial charge in [-0.05, 0) is 38.0 Å². The Balaban J connectivity index is -0.00000102. The summed E-state index contributed by atoms with van der Waals surface area (Å²) in [5, 5.41) is 3.29. The number of allylic oxidation sites excluding steroid dienone is 1. The molecule has 0 aliphatic rings. The lowest BCUT2D eigenvalue weighted by Crippen LogP contribution is -2.13. The Morgan fingerprint density at radius 3 is 2.08 bits per heavy atom. The summed E-state index contributed by atoms with van der Waals surface area (Å²) in [7, 11) is 1.40. The van der Waals surface area contributed by atoms with Gasteiger partial charge in [-0.2, -0.15) is 0 Å². The summed E-state index contributed by atoms with van der Waals surface area (Å²) in [6, 6.07) is 0. The van der Waals surface area contributed by atoms with Crippen molar-refractivity contribution < 1.29 is 18.6 Å². The van der Waals surface area contributed by atoms with Gasteiger partial charge in [-0.1, -0.05) is 54.0 Å². The van der Waals surface area contributed by atoms with Gasteiger partial charge >= 0.3 is 6.72 Å². The van der Waals surface area contributed by atoms with E-state index >= 15 is 0 Å². The van der Waals surface area contributed by atoms with Crippen molar-refractivity contribution >= 4 is 18.5 Å². The Labute approximate surface area is 155 Å². The molecule has 0 aromatic rings. The number of rotatable bonds is 14. The molecule has 0 aliphatic heterocycles. The van der Waals surface area contributed by atoms with Gasteiger partial charge in [-0.3, -0.25) is 0 Å². The molecule has 5 nitrogen and oxygen atoms in total. The van der Waals surface area contributed by atoms with E-state index in [2.05, 4.69) is 23.7 Å². The Kier molecular flexibility index (Phi) is 27.7. The molecule has 0 aromatic heterocycles. The zero-order chi connectivity index (χ0) is 19.3. The summed E-state index contributed by atoms with van der Waals surface area (Å²) in [4.78, 5) is 4.58. The predicted octanol–water partition coefficient (Wildman–Crippen LogP) is 5.97. The second-order valence-corrected chi connectivity index (χ2v) is 7.14. The molecule has 0 rings (SSSR count). The van der Waals surface area contributed by atoms with Gasteiger partial charge in [0, 0.05) is 12.2 Å². The lowest BCUT2D eigenvalue weighted by atomic mass is 10.2. The molecule has 0 aromatic carbocycles. The normalized spacial score (nSPS) is 12.1. The molecule has 24 heavy (non-hydrogen) atoms. The third-order valence-electron chi connectivity index (χ3n) is 2.58. The SMILES string of the molecule is C=C(CC)NCCCCCCOP(=S)(OCC)OOC.CC.CC. The first kappa shape index (κ1) is 28.8. The van der Waals surface area contributed by atoms with E-state index in [1.54, 1.807) is 0 Å². The maximum atomic E-state index is 5.50. The average molecular weight is 386 g/mol. The Hall–Kier alpha value is 0.0300. The number of unbranched alkanes of at least 4 members (excludes halogenated alkanes) is 3. The minimum atomic E-state index is -2.71. The third kappa shape index (κ3) is 20.1. The van der Waals surface area contributed by atoms with Crippen LogP contribution in [-0.2, 0) is 30.4 Å². The van der Waals surface area contributed by atoms with E-state index in [0.717, 1.165) is 44.3 Å². The first-order valence-electron chi connectivity index (χ1n) is 9.11. The van der Waals surface area contributed by atoms with Crippen LogP contribution in [-0.4, -0.2) is 26.9 Å². The summed E-state index contributed by atoms with van der Waals surface area (Å²) in [5.41, 5.74) is 1.10. The van der Waals surface area contributed by atoms with Gasteiger partial charge in [0.05, 0.1) is 20.3 Å². The molecular formula is C17H40NO4PS. The van der Waals surface area contributed by atoms with Crippen molar-refractivity contribution in [2.75, 3.05) is 26.9 Å². The molecule has 0 heterocycles. The van der Waals surface area contributed by atoms with Crippen LogP contribution < -0.4 is 5.32 Å².